The molecule has 0 aromatic heterocycles. The van der Waals surface area contributed by atoms with E-state index in [0.717, 1.165) is 0 Å². The quantitative estimate of drug-likeness (QED) is 0.707. The fourth-order valence-corrected chi connectivity index (χ4v) is 2.60. The molecule has 0 aliphatic carbocycles. The minimum absolute atomic E-state index is 0.169. The first kappa shape index (κ1) is 18.2. The lowest BCUT2D eigenvalue weighted by Crippen LogP contribution is -2.40. The van der Waals surface area contributed by atoms with E-state index >= 15 is 0 Å². The molecule has 0 aliphatic heterocycles. The molecule has 0 N–H and O–H groups in total. The fourth-order valence-electron chi connectivity index (χ4n) is 2.60. The Balaban J connectivity index is 2.46. The van der Waals surface area contributed by atoms with Crippen molar-refractivity contribution >= 4 is 0 Å². The van der Waals surface area contributed by atoms with E-state index < -0.39 is 11.6 Å². The molecule has 5 heteroatoms. The predicted molar refractivity (Wildman–Crippen MR) is 87.7 cm³/mol. The van der Waals surface area contributed by atoms with E-state index in [2.05, 4.69) is 0 Å². The van der Waals surface area contributed by atoms with Crippen molar-refractivity contribution in [2.24, 2.45) is 0 Å². The summed E-state index contributed by atoms with van der Waals surface area (Å²) in [6.45, 7) is 5.78. The Morgan fingerprint density at radius 1 is 0.708 bits per heavy atom. The van der Waals surface area contributed by atoms with Crippen LogP contribution in [0, 0.1) is 0 Å². The Morgan fingerprint density at radius 3 is 1.29 bits per heavy atom. The summed E-state index contributed by atoms with van der Waals surface area (Å²) in [5.41, 5.74) is -1.77. The van der Waals surface area contributed by atoms with Crippen molar-refractivity contribution < 1.29 is 22.6 Å². The van der Waals surface area contributed by atoms with Crippen LogP contribution in [0.3, 0.4) is 0 Å². The van der Waals surface area contributed by atoms with E-state index in [4.69, 9.17) is 9.47 Å². The lowest BCUT2D eigenvalue weighted by atomic mass is 9.75. The molecule has 2 rings (SSSR count). The highest BCUT2D eigenvalue weighted by atomic mass is 19.4. The van der Waals surface area contributed by atoms with E-state index in [-0.39, 0.29) is 11.1 Å². The number of ether oxygens (including phenoxy) is 2. The van der Waals surface area contributed by atoms with Crippen molar-refractivity contribution in [1.82, 2.24) is 0 Å². The van der Waals surface area contributed by atoms with Crippen LogP contribution in [0.25, 0.3) is 0 Å². The maximum absolute atomic E-state index is 13.9. The van der Waals surface area contributed by atoms with E-state index in [9.17, 15) is 13.2 Å². The van der Waals surface area contributed by atoms with Gasteiger partial charge < -0.3 is 9.47 Å². The van der Waals surface area contributed by atoms with Gasteiger partial charge in [-0.05, 0) is 56.2 Å². The van der Waals surface area contributed by atoms with Crippen LogP contribution in [0.2, 0.25) is 0 Å². The molecule has 0 saturated heterocycles. The lowest BCUT2D eigenvalue weighted by Gasteiger charge is -2.33. The van der Waals surface area contributed by atoms with Crippen molar-refractivity contribution in [2.45, 2.75) is 32.4 Å². The second kappa shape index (κ2) is 7.16. The molecule has 2 aromatic carbocycles. The van der Waals surface area contributed by atoms with Crippen LogP contribution >= 0.6 is 0 Å². The van der Waals surface area contributed by atoms with Gasteiger partial charge >= 0.3 is 6.18 Å². The molecular weight excluding hydrogens is 317 g/mol. The lowest BCUT2D eigenvalue weighted by molar-refractivity contribution is -0.173. The van der Waals surface area contributed by atoms with Gasteiger partial charge in [-0.3, -0.25) is 0 Å². The highest BCUT2D eigenvalue weighted by Gasteiger charge is 2.53. The third-order valence-electron chi connectivity index (χ3n) is 4.05. The summed E-state index contributed by atoms with van der Waals surface area (Å²) in [4.78, 5) is 0. The molecule has 0 amide bonds. The summed E-state index contributed by atoms with van der Waals surface area (Å²) in [6, 6.07) is 12.1. The summed E-state index contributed by atoms with van der Waals surface area (Å²) < 4.78 is 52.4. The van der Waals surface area contributed by atoms with Gasteiger partial charge in [-0.1, -0.05) is 24.3 Å². The molecule has 0 aliphatic rings. The first-order chi connectivity index (χ1) is 11.3. The number of alkyl halides is 3. The number of rotatable bonds is 6. The minimum atomic E-state index is -4.44. The first-order valence-corrected chi connectivity index (χ1v) is 7.86. The van der Waals surface area contributed by atoms with Crippen LogP contribution in [-0.4, -0.2) is 19.4 Å². The van der Waals surface area contributed by atoms with E-state index in [1.165, 1.54) is 31.2 Å². The van der Waals surface area contributed by atoms with Crippen molar-refractivity contribution in [3.05, 3.63) is 59.7 Å². The van der Waals surface area contributed by atoms with Gasteiger partial charge in [0.1, 0.15) is 16.9 Å². The van der Waals surface area contributed by atoms with Gasteiger partial charge in [0, 0.05) is 0 Å². The molecule has 0 bridgehead atoms. The highest BCUT2D eigenvalue weighted by Crippen LogP contribution is 2.46. The molecule has 0 heterocycles. The highest BCUT2D eigenvalue weighted by molar-refractivity contribution is 5.44. The van der Waals surface area contributed by atoms with Crippen LogP contribution in [0.15, 0.2) is 48.5 Å². The molecule has 2 nitrogen and oxygen atoms in total. The van der Waals surface area contributed by atoms with Crippen molar-refractivity contribution in [1.29, 1.82) is 0 Å². The van der Waals surface area contributed by atoms with Crippen LogP contribution < -0.4 is 9.47 Å². The Hall–Kier alpha value is -2.17. The van der Waals surface area contributed by atoms with Gasteiger partial charge in [0.25, 0.3) is 0 Å². The molecule has 0 atom stereocenters. The van der Waals surface area contributed by atoms with Crippen LogP contribution in [0.4, 0.5) is 13.2 Å². The summed E-state index contributed by atoms with van der Waals surface area (Å²) >= 11 is 0. The zero-order chi connectivity index (χ0) is 17.8. The van der Waals surface area contributed by atoms with Gasteiger partial charge in [0.05, 0.1) is 13.2 Å². The molecule has 2 aromatic rings. The Kier molecular flexibility index (Phi) is 5.42. The molecule has 24 heavy (non-hydrogen) atoms. The predicted octanol–water partition coefficient (Wildman–Crippen LogP) is 5.35. The average Bonchev–Trinajstić information content (AvgIpc) is 2.55. The SMILES string of the molecule is CCOc1ccc(C(C)(c2ccc(OCC)cc2)C(F)(F)F)cc1. The van der Waals surface area contributed by atoms with Crippen molar-refractivity contribution in [3.8, 4) is 11.5 Å². The Morgan fingerprint density at radius 2 is 1.04 bits per heavy atom. The zero-order valence-corrected chi connectivity index (χ0v) is 14.0. The van der Waals surface area contributed by atoms with Crippen molar-refractivity contribution in [2.75, 3.05) is 13.2 Å². The second-order valence-electron chi connectivity index (χ2n) is 5.54. The summed E-state index contributed by atoms with van der Waals surface area (Å²) in [5, 5.41) is 0. The summed E-state index contributed by atoms with van der Waals surface area (Å²) in [6.07, 6.45) is -4.44. The largest absolute Gasteiger partial charge is 0.494 e. The van der Waals surface area contributed by atoms with Gasteiger partial charge in [-0.25, -0.2) is 0 Å². The van der Waals surface area contributed by atoms with Crippen LogP contribution in [-0.2, 0) is 5.41 Å². The molecule has 130 valence electrons. The Bertz CT molecular complexity index is 596. The van der Waals surface area contributed by atoms with E-state index in [1.54, 1.807) is 24.3 Å². The zero-order valence-electron chi connectivity index (χ0n) is 14.0. The molecule has 0 spiro atoms. The number of benzene rings is 2. The fraction of sp³-hybridized carbons (Fsp3) is 0.368. The van der Waals surface area contributed by atoms with Crippen LogP contribution in [0.5, 0.6) is 11.5 Å². The maximum atomic E-state index is 13.9. The van der Waals surface area contributed by atoms with Gasteiger partial charge in [0.15, 0.2) is 0 Å². The number of hydrogen-bond donors (Lipinski definition) is 0. The van der Waals surface area contributed by atoms with Crippen LogP contribution in [0.1, 0.15) is 31.9 Å². The molecule has 0 unspecified atom stereocenters. The summed E-state index contributed by atoms with van der Waals surface area (Å²) in [7, 11) is 0. The molecule has 0 radical (unpaired) electrons. The first-order valence-electron chi connectivity index (χ1n) is 7.86. The third kappa shape index (κ3) is 3.50. The normalized spacial score (nSPS) is 12.1. The third-order valence-corrected chi connectivity index (χ3v) is 4.05. The maximum Gasteiger partial charge on any atom is 0.402 e. The van der Waals surface area contributed by atoms with Gasteiger partial charge in [-0.2, -0.15) is 13.2 Å². The van der Waals surface area contributed by atoms with Gasteiger partial charge in [0.2, 0.25) is 0 Å². The smallest absolute Gasteiger partial charge is 0.402 e. The number of halogens is 3. The Labute approximate surface area is 140 Å². The summed E-state index contributed by atoms with van der Waals surface area (Å²) in [5.74, 6) is 1.11. The molecule has 0 saturated carbocycles. The second-order valence-corrected chi connectivity index (χ2v) is 5.54. The molecule has 0 fully saturated rings. The topological polar surface area (TPSA) is 18.5 Å². The van der Waals surface area contributed by atoms with Gasteiger partial charge in [-0.15, -0.1) is 0 Å². The standard InChI is InChI=1S/C19H21F3O2/c1-4-23-16-10-6-14(7-11-16)18(3,19(20,21)22)15-8-12-17(13-9-15)24-5-2/h6-13H,4-5H2,1-3H3. The number of hydrogen-bond acceptors (Lipinski definition) is 2. The van der Waals surface area contributed by atoms with Crippen molar-refractivity contribution in [3.63, 3.8) is 0 Å². The van der Waals surface area contributed by atoms with E-state index in [0.29, 0.717) is 24.7 Å². The monoisotopic (exact) mass is 338 g/mol. The molecular formula is C19H21F3O2. The van der Waals surface area contributed by atoms with E-state index in [1.807, 2.05) is 13.8 Å². The average molecular weight is 338 g/mol. The minimum Gasteiger partial charge on any atom is -0.494 e.